The molecular formula is C15H20N2S. The van der Waals surface area contributed by atoms with E-state index in [4.69, 9.17) is 0 Å². The van der Waals surface area contributed by atoms with Crippen LogP contribution in [0.25, 0.3) is 0 Å². The van der Waals surface area contributed by atoms with E-state index >= 15 is 0 Å². The Hall–Kier alpha value is -1.19. The summed E-state index contributed by atoms with van der Waals surface area (Å²) in [5, 5.41) is 6.56. The van der Waals surface area contributed by atoms with E-state index in [0.717, 1.165) is 12.1 Å². The molecule has 1 unspecified atom stereocenters. The molecule has 0 radical (unpaired) electrons. The first-order valence-electron chi connectivity index (χ1n) is 6.28. The van der Waals surface area contributed by atoms with E-state index in [1.807, 2.05) is 7.05 Å². The Morgan fingerprint density at radius 3 is 2.72 bits per heavy atom. The Morgan fingerprint density at radius 2 is 2.06 bits per heavy atom. The molecule has 0 aliphatic rings. The fourth-order valence-electron chi connectivity index (χ4n) is 1.84. The van der Waals surface area contributed by atoms with Crippen LogP contribution < -0.4 is 5.32 Å². The molecule has 1 aromatic carbocycles. The Morgan fingerprint density at radius 1 is 1.28 bits per heavy atom. The highest BCUT2D eigenvalue weighted by Gasteiger charge is 2.08. The number of benzene rings is 1. The van der Waals surface area contributed by atoms with Gasteiger partial charge in [0.25, 0.3) is 0 Å². The quantitative estimate of drug-likeness (QED) is 0.908. The summed E-state index contributed by atoms with van der Waals surface area (Å²) < 4.78 is 0. The van der Waals surface area contributed by atoms with Gasteiger partial charge in [-0.2, -0.15) is 0 Å². The summed E-state index contributed by atoms with van der Waals surface area (Å²) >= 11 is 1.75. The molecule has 0 aliphatic carbocycles. The first-order chi connectivity index (χ1) is 8.60. The zero-order chi connectivity index (χ0) is 13.1. The fraction of sp³-hybridized carbons (Fsp3) is 0.400. The predicted octanol–water partition coefficient (Wildman–Crippen LogP) is 3.63. The van der Waals surface area contributed by atoms with Crippen LogP contribution in [-0.4, -0.2) is 12.0 Å². The van der Waals surface area contributed by atoms with Crippen LogP contribution in [0, 0.1) is 13.8 Å². The van der Waals surface area contributed by atoms with Crippen molar-refractivity contribution in [2.24, 2.45) is 0 Å². The van der Waals surface area contributed by atoms with E-state index in [-0.39, 0.29) is 0 Å². The van der Waals surface area contributed by atoms with E-state index in [1.165, 1.54) is 21.7 Å². The molecular weight excluding hydrogens is 240 g/mol. The third kappa shape index (κ3) is 2.98. The molecule has 1 N–H and O–H groups in total. The normalized spacial score (nSPS) is 12.7. The van der Waals surface area contributed by atoms with Crippen molar-refractivity contribution in [3.8, 4) is 0 Å². The highest BCUT2D eigenvalue weighted by Crippen LogP contribution is 2.20. The molecule has 0 spiro atoms. The molecule has 1 atom stereocenters. The second-order valence-corrected chi connectivity index (χ2v) is 5.71. The van der Waals surface area contributed by atoms with Crippen LogP contribution >= 0.6 is 11.3 Å². The molecule has 0 aliphatic heterocycles. The average Bonchev–Trinajstić information content (AvgIpc) is 2.81. The molecule has 3 heteroatoms. The van der Waals surface area contributed by atoms with Crippen LogP contribution in [0.4, 0.5) is 0 Å². The number of nitrogens with one attached hydrogen (secondary N) is 1. The van der Waals surface area contributed by atoms with Crippen LogP contribution in [0.1, 0.15) is 40.4 Å². The minimum absolute atomic E-state index is 0.328. The minimum Gasteiger partial charge on any atom is -0.312 e. The minimum atomic E-state index is 0.328. The van der Waals surface area contributed by atoms with Crippen LogP contribution in [0.3, 0.4) is 0 Å². The van der Waals surface area contributed by atoms with Crippen molar-refractivity contribution >= 4 is 11.3 Å². The van der Waals surface area contributed by atoms with E-state index in [0.29, 0.717) is 6.04 Å². The molecule has 0 fully saturated rings. The van der Waals surface area contributed by atoms with Crippen molar-refractivity contribution in [1.29, 1.82) is 0 Å². The molecule has 18 heavy (non-hydrogen) atoms. The van der Waals surface area contributed by atoms with Gasteiger partial charge in [-0.15, -0.1) is 11.3 Å². The molecule has 1 heterocycles. The number of rotatable bonds is 4. The van der Waals surface area contributed by atoms with E-state index in [1.54, 1.807) is 11.3 Å². The maximum atomic E-state index is 4.68. The van der Waals surface area contributed by atoms with Crippen molar-refractivity contribution in [2.75, 3.05) is 7.05 Å². The number of hydrogen-bond acceptors (Lipinski definition) is 3. The van der Waals surface area contributed by atoms with Gasteiger partial charge in [0.1, 0.15) is 0 Å². The summed E-state index contributed by atoms with van der Waals surface area (Å²) in [4.78, 5) is 4.68. The Balaban J connectivity index is 2.13. The van der Waals surface area contributed by atoms with Crippen molar-refractivity contribution in [3.05, 3.63) is 51.0 Å². The monoisotopic (exact) mass is 260 g/mol. The van der Waals surface area contributed by atoms with Gasteiger partial charge in [0, 0.05) is 17.8 Å². The molecule has 2 aromatic rings. The van der Waals surface area contributed by atoms with Crippen molar-refractivity contribution in [1.82, 2.24) is 10.3 Å². The third-order valence-corrected chi connectivity index (χ3v) is 4.24. The van der Waals surface area contributed by atoms with Crippen molar-refractivity contribution < 1.29 is 0 Å². The smallest absolute Gasteiger partial charge is 0.0972 e. The number of aromatic nitrogens is 1. The lowest BCUT2D eigenvalue weighted by Crippen LogP contribution is -2.12. The van der Waals surface area contributed by atoms with Gasteiger partial charge in [0.2, 0.25) is 0 Å². The predicted molar refractivity (Wildman–Crippen MR) is 78.3 cm³/mol. The largest absolute Gasteiger partial charge is 0.312 e. The summed E-state index contributed by atoms with van der Waals surface area (Å²) in [5.74, 6) is 0. The lowest BCUT2D eigenvalue weighted by atomic mass is 10.0. The van der Waals surface area contributed by atoms with Gasteiger partial charge in [-0.3, -0.25) is 0 Å². The van der Waals surface area contributed by atoms with Gasteiger partial charge in [0.15, 0.2) is 0 Å². The summed E-state index contributed by atoms with van der Waals surface area (Å²) in [6.07, 6.45) is 0.933. The zero-order valence-electron chi connectivity index (χ0n) is 11.4. The number of aryl methyl sites for hydroxylation is 2. The second-order valence-electron chi connectivity index (χ2n) is 4.77. The fourth-order valence-corrected chi connectivity index (χ4v) is 2.76. The molecule has 0 amide bonds. The molecule has 1 aromatic heterocycles. The highest BCUT2D eigenvalue weighted by molar-refractivity contribution is 7.09. The third-order valence-electron chi connectivity index (χ3n) is 3.37. The average molecular weight is 260 g/mol. The number of thiazole rings is 1. The van der Waals surface area contributed by atoms with Gasteiger partial charge in [-0.25, -0.2) is 4.98 Å². The summed E-state index contributed by atoms with van der Waals surface area (Å²) in [6, 6.07) is 6.98. The zero-order valence-corrected chi connectivity index (χ0v) is 12.3. The Labute approximate surface area is 113 Å². The maximum Gasteiger partial charge on any atom is 0.0972 e. The van der Waals surface area contributed by atoms with E-state index in [2.05, 4.69) is 54.7 Å². The molecule has 96 valence electrons. The summed E-state index contributed by atoms with van der Waals surface area (Å²) in [6.45, 7) is 6.44. The standard InChI is InChI=1S/C15H20N2S/c1-10-5-6-13(7-11(10)2)8-15-17-14(9-18-15)12(3)16-4/h5-7,9,12,16H,8H2,1-4H3. The lowest BCUT2D eigenvalue weighted by Gasteiger charge is -2.05. The van der Waals surface area contributed by atoms with E-state index in [9.17, 15) is 0 Å². The lowest BCUT2D eigenvalue weighted by molar-refractivity contribution is 0.635. The van der Waals surface area contributed by atoms with Crippen LogP contribution in [0.15, 0.2) is 23.6 Å². The SMILES string of the molecule is CNC(C)c1csc(Cc2ccc(C)c(C)c2)n1. The molecule has 2 rings (SSSR count). The van der Waals surface area contributed by atoms with Crippen LogP contribution in [0.5, 0.6) is 0 Å². The maximum absolute atomic E-state index is 4.68. The summed E-state index contributed by atoms with van der Waals surface area (Å²) in [7, 11) is 1.97. The van der Waals surface area contributed by atoms with Crippen LogP contribution in [-0.2, 0) is 6.42 Å². The Kier molecular flexibility index (Phi) is 4.15. The van der Waals surface area contributed by atoms with Gasteiger partial charge in [0.05, 0.1) is 10.7 Å². The second kappa shape index (κ2) is 5.63. The summed E-state index contributed by atoms with van der Waals surface area (Å²) in [5.41, 5.74) is 5.19. The van der Waals surface area contributed by atoms with Gasteiger partial charge < -0.3 is 5.32 Å². The van der Waals surface area contributed by atoms with Gasteiger partial charge >= 0.3 is 0 Å². The molecule has 0 saturated heterocycles. The topological polar surface area (TPSA) is 24.9 Å². The number of nitrogens with zero attached hydrogens (tertiary/aromatic N) is 1. The first kappa shape index (κ1) is 13.2. The highest BCUT2D eigenvalue weighted by atomic mass is 32.1. The van der Waals surface area contributed by atoms with Crippen molar-refractivity contribution in [3.63, 3.8) is 0 Å². The molecule has 0 bridgehead atoms. The molecule has 0 saturated carbocycles. The number of hydrogen-bond donors (Lipinski definition) is 1. The van der Waals surface area contributed by atoms with Crippen molar-refractivity contribution in [2.45, 2.75) is 33.2 Å². The van der Waals surface area contributed by atoms with Gasteiger partial charge in [-0.05, 0) is 44.5 Å². The molecule has 2 nitrogen and oxygen atoms in total. The van der Waals surface area contributed by atoms with E-state index < -0.39 is 0 Å². The van der Waals surface area contributed by atoms with Crippen LogP contribution in [0.2, 0.25) is 0 Å². The van der Waals surface area contributed by atoms with Gasteiger partial charge in [-0.1, -0.05) is 18.2 Å². The Bertz CT molecular complexity index is 531. The first-order valence-corrected chi connectivity index (χ1v) is 7.16.